The van der Waals surface area contributed by atoms with Crippen LogP contribution in [-0.2, 0) is 9.53 Å². The van der Waals surface area contributed by atoms with Crippen molar-refractivity contribution in [1.29, 1.82) is 0 Å². The first-order valence-electron chi connectivity index (χ1n) is 8.31. The second-order valence-corrected chi connectivity index (χ2v) is 8.30. The maximum absolute atomic E-state index is 11.2. The zero-order valence-corrected chi connectivity index (χ0v) is 13.5. The molecular formula is C17H27ClO2. The molecule has 2 nitrogen and oxygen atoms in total. The summed E-state index contributed by atoms with van der Waals surface area (Å²) in [5, 5.41) is -0.183. The monoisotopic (exact) mass is 298 g/mol. The van der Waals surface area contributed by atoms with Crippen LogP contribution in [-0.4, -0.2) is 17.5 Å². The molecular weight excluding hydrogens is 272 g/mol. The molecule has 4 rings (SSSR count). The Morgan fingerprint density at radius 1 is 1.25 bits per heavy atom. The third-order valence-electron chi connectivity index (χ3n) is 5.81. The molecule has 4 aliphatic carbocycles. The maximum Gasteiger partial charge on any atom is 0.221 e. The number of carbonyl (C=O) groups is 1. The van der Waals surface area contributed by atoms with Gasteiger partial charge in [0.15, 0.2) is 0 Å². The largest absolute Gasteiger partial charge is 0.374 e. The van der Waals surface area contributed by atoms with E-state index in [0.717, 1.165) is 30.8 Å². The van der Waals surface area contributed by atoms with Crippen molar-refractivity contribution in [2.24, 2.45) is 29.6 Å². The summed E-state index contributed by atoms with van der Waals surface area (Å²) in [7, 11) is 0. The van der Waals surface area contributed by atoms with Gasteiger partial charge in [-0.3, -0.25) is 4.79 Å². The second-order valence-electron chi connectivity index (χ2n) is 7.88. The Hall–Kier alpha value is -0.0800. The Morgan fingerprint density at radius 2 is 1.90 bits per heavy atom. The fourth-order valence-electron chi connectivity index (χ4n) is 5.40. The second kappa shape index (κ2) is 5.61. The molecule has 4 fully saturated rings. The predicted octanol–water partition coefficient (Wildman–Crippen LogP) is 4.40. The van der Waals surface area contributed by atoms with Crippen LogP contribution in [0.5, 0.6) is 0 Å². The SMILES string of the molecule is CC(C)COC12CC3CC(CC(C3)C1CCC(=O)Cl)C2. The van der Waals surface area contributed by atoms with Crippen molar-refractivity contribution in [1.82, 2.24) is 0 Å². The highest BCUT2D eigenvalue weighted by atomic mass is 35.5. The first-order valence-corrected chi connectivity index (χ1v) is 8.68. The molecule has 3 heteroatoms. The van der Waals surface area contributed by atoms with Crippen molar-refractivity contribution in [2.75, 3.05) is 6.61 Å². The van der Waals surface area contributed by atoms with E-state index in [1.807, 2.05) is 0 Å². The third kappa shape index (κ3) is 2.78. The van der Waals surface area contributed by atoms with Gasteiger partial charge in [0.25, 0.3) is 0 Å². The number of rotatable bonds is 6. The summed E-state index contributed by atoms with van der Waals surface area (Å²) in [5.41, 5.74) is 0.0748. The molecule has 0 spiro atoms. The summed E-state index contributed by atoms with van der Waals surface area (Å²) >= 11 is 5.58. The highest BCUT2D eigenvalue weighted by Gasteiger charge is 2.57. The predicted molar refractivity (Wildman–Crippen MR) is 80.7 cm³/mol. The molecule has 0 aromatic carbocycles. The number of ether oxygens (including phenoxy) is 1. The van der Waals surface area contributed by atoms with E-state index in [1.165, 1.54) is 32.1 Å². The lowest BCUT2D eigenvalue weighted by molar-refractivity contribution is -0.208. The van der Waals surface area contributed by atoms with Gasteiger partial charge in [-0.2, -0.15) is 0 Å². The zero-order valence-electron chi connectivity index (χ0n) is 12.7. The standard InChI is InChI=1S/C17H27ClO2/c1-11(2)10-20-17-8-12-5-13(9-17)7-14(6-12)15(17)3-4-16(18)19/h11-15H,3-10H2,1-2H3. The zero-order chi connectivity index (χ0) is 14.3. The first kappa shape index (κ1) is 14.8. The van der Waals surface area contributed by atoms with Crippen LogP contribution in [0.25, 0.3) is 0 Å². The lowest BCUT2D eigenvalue weighted by Gasteiger charge is -2.61. The van der Waals surface area contributed by atoms with Crippen molar-refractivity contribution >= 4 is 16.8 Å². The number of hydrogen-bond acceptors (Lipinski definition) is 2. The van der Waals surface area contributed by atoms with Gasteiger partial charge in [-0.25, -0.2) is 0 Å². The number of carbonyl (C=O) groups excluding carboxylic acids is 1. The minimum Gasteiger partial charge on any atom is -0.374 e. The normalized spacial score (nSPS) is 42.4. The van der Waals surface area contributed by atoms with Crippen LogP contribution in [0, 0.1) is 29.6 Å². The Labute approximate surface area is 127 Å². The molecule has 3 atom stereocenters. The van der Waals surface area contributed by atoms with Crippen molar-refractivity contribution in [2.45, 2.75) is 64.4 Å². The van der Waals surface area contributed by atoms with Crippen LogP contribution in [0.3, 0.4) is 0 Å². The van der Waals surface area contributed by atoms with E-state index in [2.05, 4.69) is 13.8 Å². The number of hydrogen-bond donors (Lipinski definition) is 0. The van der Waals surface area contributed by atoms with Gasteiger partial charge in [0, 0.05) is 13.0 Å². The molecule has 0 saturated heterocycles. The molecule has 0 N–H and O–H groups in total. The average Bonchev–Trinajstić information content (AvgIpc) is 2.34. The van der Waals surface area contributed by atoms with Crippen LogP contribution >= 0.6 is 11.6 Å². The quantitative estimate of drug-likeness (QED) is 0.679. The van der Waals surface area contributed by atoms with Gasteiger partial charge in [-0.15, -0.1) is 0 Å². The number of halogens is 1. The van der Waals surface area contributed by atoms with E-state index in [4.69, 9.17) is 16.3 Å². The third-order valence-corrected chi connectivity index (χ3v) is 6.00. The molecule has 4 bridgehead atoms. The molecule has 0 radical (unpaired) electrons. The van der Waals surface area contributed by atoms with E-state index in [0.29, 0.717) is 18.3 Å². The molecule has 4 saturated carbocycles. The Kier molecular flexibility index (Phi) is 4.16. The first-order chi connectivity index (χ1) is 9.48. The van der Waals surface area contributed by atoms with Gasteiger partial charge in [0.1, 0.15) is 0 Å². The smallest absolute Gasteiger partial charge is 0.221 e. The molecule has 0 aromatic heterocycles. The van der Waals surface area contributed by atoms with E-state index < -0.39 is 0 Å². The average molecular weight is 299 g/mol. The lowest BCUT2D eigenvalue weighted by atomic mass is 9.49. The van der Waals surface area contributed by atoms with E-state index in [1.54, 1.807) is 0 Å². The van der Waals surface area contributed by atoms with E-state index in [-0.39, 0.29) is 10.8 Å². The van der Waals surface area contributed by atoms with Crippen molar-refractivity contribution < 1.29 is 9.53 Å². The van der Waals surface area contributed by atoms with Crippen molar-refractivity contribution in [3.63, 3.8) is 0 Å². The highest BCUT2D eigenvalue weighted by Crippen LogP contribution is 2.61. The Morgan fingerprint density at radius 3 is 2.45 bits per heavy atom. The summed E-state index contributed by atoms with van der Waals surface area (Å²) < 4.78 is 6.49. The topological polar surface area (TPSA) is 26.3 Å². The summed E-state index contributed by atoms with van der Waals surface area (Å²) in [6.45, 7) is 5.30. The van der Waals surface area contributed by atoms with Crippen LogP contribution < -0.4 is 0 Å². The van der Waals surface area contributed by atoms with Crippen LogP contribution in [0.15, 0.2) is 0 Å². The summed E-state index contributed by atoms with van der Waals surface area (Å²) in [5.74, 6) is 3.68. The van der Waals surface area contributed by atoms with Crippen LogP contribution in [0.1, 0.15) is 58.8 Å². The van der Waals surface area contributed by atoms with Gasteiger partial charge >= 0.3 is 0 Å². The van der Waals surface area contributed by atoms with Crippen LogP contribution in [0.4, 0.5) is 0 Å². The molecule has 4 aliphatic rings. The van der Waals surface area contributed by atoms with Crippen molar-refractivity contribution in [3.8, 4) is 0 Å². The fraction of sp³-hybridized carbons (Fsp3) is 0.941. The summed E-state index contributed by atoms with van der Waals surface area (Å²) in [4.78, 5) is 11.2. The van der Waals surface area contributed by atoms with Gasteiger partial charge in [-0.05, 0) is 79.7 Å². The van der Waals surface area contributed by atoms with Gasteiger partial charge in [0.05, 0.1) is 5.60 Å². The van der Waals surface area contributed by atoms with Crippen molar-refractivity contribution in [3.05, 3.63) is 0 Å². The van der Waals surface area contributed by atoms with Gasteiger partial charge in [-0.1, -0.05) is 13.8 Å². The van der Waals surface area contributed by atoms with E-state index >= 15 is 0 Å². The Balaban J connectivity index is 1.76. The highest BCUT2D eigenvalue weighted by molar-refractivity contribution is 6.63. The lowest BCUT2D eigenvalue weighted by Crippen LogP contribution is -2.58. The molecule has 0 aromatic rings. The summed E-state index contributed by atoms with van der Waals surface area (Å²) in [6, 6.07) is 0. The summed E-state index contributed by atoms with van der Waals surface area (Å²) in [6.07, 6.45) is 8.07. The molecule has 0 aliphatic heterocycles. The Bertz CT molecular complexity index is 365. The molecule has 3 unspecified atom stereocenters. The van der Waals surface area contributed by atoms with Crippen LogP contribution in [0.2, 0.25) is 0 Å². The molecule has 0 amide bonds. The minimum absolute atomic E-state index is 0.0748. The van der Waals surface area contributed by atoms with Gasteiger partial charge < -0.3 is 4.74 Å². The fourth-order valence-corrected chi connectivity index (χ4v) is 5.51. The molecule has 20 heavy (non-hydrogen) atoms. The minimum atomic E-state index is -0.183. The van der Waals surface area contributed by atoms with E-state index in [9.17, 15) is 4.79 Å². The van der Waals surface area contributed by atoms with Gasteiger partial charge in [0.2, 0.25) is 5.24 Å². The maximum atomic E-state index is 11.2. The molecule has 114 valence electrons. The molecule has 0 heterocycles.